The average molecular weight is 369 g/mol. The third-order valence-corrected chi connectivity index (χ3v) is 4.87. The summed E-state index contributed by atoms with van der Waals surface area (Å²) >= 11 is 5.23. The molecule has 21 heavy (non-hydrogen) atoms. The number of nitrogens with one attached hydrogen (secondary N) is 1. The molecule has 1 aromatic heterocycles. The summed E-state index contributed by atoms with van der Waals surface area (Å²) in [6.45, 7) is 7.93. The van der Waals surface area contributed by atoms with Gasteiger partial charge in [0.25, 0.3) is 0 Å². The Kier molecular flexibility index (Phi) is 6.21. The third kappa shape index (κ3) is 4.53. The first-order valence-corrected chi connectivity index (χ1v) is 8.83. The van der Waals surface area contributed by atoms with Crippen LogP contribution in [0, 0.1) is 6.92 Å². The molecule has 1 unspecified atom stereocenters. The molecule has 1 aromatic carbocycles. The maximum atomic E-state index is 6.01. The molecule has 1 N–H and O–H groups in total. The molecule has 0 aliphatic heterocycles. The highest BCUT2D eigenvalue weighted by molar-refractivity contribution is 9.10. The Morgan fingerprint density at radius 2 is 2.24 bits per heavy atom. The van der Waals surface area contributed by atoms with E-state index in [1.54, 1.807) is 11.3 Å². The number of benzene rings is 1. The molecule has 0 radical (unpaired) electrons. The number of halogens is 1. The topological polar surface area (TPSA) is 34.1 Å². The molecule has 1 atom stereocenters. The van der Waals surface area contributed by atoms with Crippen LogP contribution in [0.4, 0.5) is 0 Å². The van der Waals surface area contributed by atoms with Gasteiger partial charge in [0.15, 0.2) is 0 Å². The van der Waals surface area contributed by atoms with Crippen molar-refractivity contribution >= 4 is 27.3 Å². The lowest BCUT2D eigenvalue weighted by molar-refractivity contribution is 0.316. The van der Waals surface area contributed by atoms with Crippen LogP contribution in [0.1, 0.15) is 36.0 Å². The second-order valence-corrected chi connectivity index (χ2v) is 6.78. The van der Waals surface area contributed by atoms with Crippen molar-refractivity contribution in [1.82, 2.24) is 10.3 Å². The number of nitrogens with zero attached hydrogens (tertiary/aromatic N) is 1. The SMILES string of the molecule is CCNC(C)c1cc(Br)ccc1OCCc1scnc1C. The Hall–Kier alpha value is -0.910. The first-order chi connectivity index (χ1) is 10.1. The second-order valence-electron chi connectivity index (χ2n) is 4.92. The lowest BCUT2D eigenvalue weighted by atomic mass is 10.1. The average Bonchev–Trinajstić information content (AvgIpc) is 2.86. The minimum atomic E-state index is 0.271. The molecule has 0 saturated carbocycles. The molecule has 2 rings (SSSR count). The van der Waals surface area contributed by atoms with E-state index in [2.05, 4.69) is 46.1 Å². The fourth-order valence-electron chi connectivity index (χ4n) is 2.23. The van der Waals surface area contributed by atoms with E-state index in [1.807, 2.05) is 24.6 Å². The minimum absolute atomic E-state index is 0.271. The third-order valence-electron chi connectivity index (χ3n) is 3.38. The summed E-state index contributed by atoms with van der Waals surface area (Å²) in [4.78, 5) is 5.57. The smallest absolute Gasteiger partial charge is 0.124 e. The molecule has 0 saturated heterocycles. The normalized spacial score (nSPS) is 12.4. The van der Waals surface area contributed by atoms with E-state index in [-0.39, 0.29) is 6.04 Å². The van der Waals surface area contributed by atoms with Gasteiger partial charge in [-0.2, -0.15) is 0 Å². The van der Waals surface area contributed by atoms with Gasteiger partial charge in [-0.1, -0.05) is 22.9 Å². The number of hydrogen-bond acceptors (Lipinski definition) is 4. The van der Waals surface area contributed by atoms with Gasteiger partial charge in [0.05, 0.1) is 17.8 Å². The van der Waals surface area contributed by atoms with Gasteiger partial charge in [-0.05, 0) is 38.6 Å². The number of rotatable bonds is 7. The maximum Gasteiger partial charge on any atom is 0.124 e. The molecule has 0 aliphatic carbocycles. The minimum Gasteiger partial charge on any atom is -0.493 e. The van der Waals surface area contributed by atoms with Crippen molar-refractivity contribution in [1.29, 1.82) is 0 Å². The largest absolute Gasteiger partial charge is 0.493 e. The lowest BCUT2D eigenvalue weighted by Crippen LogP contribution is -2.18. The number of hydrogen-bond donors (Lipinski definition) is 1. The molecular formula is C16H21BrN2OS. The van der Waals surface area contributed by atoms with E-state index in [1.165, 1.54) is 10.4 Å². The molecule has 114 valence electrons. The molecular weight excluding hydrogens is 348 g/mol. The molecule has 0 aliphatic rings. The zero-order chi connectivity index (χ0) is 15.2. The van der Waals surface area contributed by atoms with Crippen molar-refractivity contribution in [2.45, 2.75) is 33.2 Å². The summed E-state index contributed by atoms with van der Waals surface area (Å²) in [5.41, 5.74) is 4.19. The molecule has 0 fully saturated rings. The summed E-state index contributed by atoms with van der Waals surface area (Å²) in [5.74, 6) is 0.953. The Balaban J connectivity index is 2.03. The van der Waals surface area contributed by atoms with Crippen LogP contribution in [-0.4, -0.2) is 18.1 Å². The van der Waals surface area contributed by atoms with Crippen LogP contribution in [0.5, 0.6) is 5.75 Å². The second kappa shape index (κ2) is 7.92. The van der Waals surface area contributed by atoms with E-state index < -0.39 is 0 Å². The van der Waals surface area contributed by atoms with Crippen molar-refractivity contribution in [3.63, 3.8) is 0 Å². The molecule has 1 heterocycles. The summed E-state index contributed by atoms with van der Waals surface area (Å²) in [5, 5.41) is 3.43. The summed E-state index contributed by atoms with van der Waals surface area (Å²) < 4.78 is 7.08. The Morgan fingerprint density at radius 1 is 1.43 bits per heavy atom. The molecule has 0 amide bonds. The molecule has 2 aromatic rings. The van der Waals surface area contributed by atoms with Gasteiger partial charge in [0.2, 0.25) is 0 Å². The fraction of sp³-hybridized carbons (Fsp3) is 0.438. The zero-order valence-corrected chi connectivity index (χ0v) is 15.1. The van der Waals surface area contributed by atoms with Crippen LogP contribution >= 0.6 is 27.3 Å². The standard InChI is InChI=1S/C16H21BrN2OS/c1-4-18-11(2)14-9-13(17)5-6-15(14)20-8-7-16-12(3)19-10-21-16/h5-6,9-11,18H,4,7-8H2,1-3H3. The van der Waals surface area contributed by atoms with Crippen LogP contribution in [0.25, 0.3) is 0 Å². The quantitative estimate of drug-likeness (QED) is 0.780. The number of aryl methyl sites for hydroxylation is 1. The Morgan fingerprint density at radius 3 is 2.90 bits per heavy atom. The first kappa shape index (κ1) is 16.5. The van der Waals surface area contributed by atoms with Gasteiger partial charge >= 0.3 is 0 Å². The summed E-state index contributed by atoms with van der Waals surface area (Å²) in [6, 6.07) is 6.45. The van der Waals surface area contributed by atoms with E-state index >= 15 is 0 Å². The van der Waals surface area contributed by atoms with Gasteiger partial charge in [-0.3, -0.25) is 0 Å². The van der Waals surface area contributed by atoms with E-state index in [4.69, 9.17) is 4.74 Å². The molecule has 5 heteroatoms. The zero-order valence-electron chi connectivity index (χ0n) is 12.6. The van der Waals surface area contributed by atoms with Crippen molar-refractivity contribution in [2.75, 3.05) is 13.2 Å². The van der Waals surface area contributed by atoms with E-state index in [9.17, 15) is 0 Å². The highest BCUT2D eigenvalue weighted by atomic mass is 79.9. The number of ether oxygens (including phenoxy) is 1. The fourth-order valence-corrected chi connectivity index (χ4v) is 3.37. The van der Waals surface area contributed by atoms with Crippen molar-refractivity contribution in [2.24, 2.45) is 0 Å². The summed E-state index contributed by atoms with van der Waals surface area (Å²) in [7, 11) is 0. The van der Waals surface area contributed by atoms with Gasteiger partial charge in [0.1, 0.15) is 5.75 Å². The predicted octanol–water partition coefficient (Wildman–Crippen LogP) is 4.51. The number of thiazole rings is 1. The van der Waals surface area contributed by atoms with Crippen molar-refractivity contribution in [3.8, 4) is 5.75 Å². The highest BCUT2D eigenvalue weighted by Crippen LogP contribution is 2.29. The molecule has 0 bridgehead atoms. The lowest BCUT2D eigenvalue weighted by Gasteiger charge is -2.18. The van der Waals surface area contributed by atoms with Crippen LogP contribution < -0.4 is 10.1 Å². The van der Waals surface area contributed by atoms with Crippen molar-refractivity contribution < 1.29 is 4.74 Å². The Bertz CT molecular complexity index is 585. The van der Waals surface area contributed by atoms with Gasteiger partial charge < -0.3 is 10.1 Å². The van der Waals surface area contributed by atoms with Crippen LogP contribution in [0.15, 0.2) is 28.2 Å². The summed E-state index contributed by atoms with van der Waals surface area (Å²) in [6.07, 6.45) is 0.904. The molecule has 0 spiro atoms. The van der Waals surface area contributed by atoms with Crippen molar-refractivity contribution in [3.05, 3.63) is 44.3 Å². The Labute approximate surface area is 138 Å². The van der Waals surface area contributed by atoms with E-state index in [0.29, 0.717) is 6.61 Å². The van der Waals surface area contributed by atoms with Crippen LogP contribution in [0.3, 0.4) is 0 Å². The van der Waals surface area contributed by atoms with Gasteiger partial charge in [-0.15, -0.1) is 11.3 Å². The van der Waals surface area contributed by atoms with Gasteiger partial charge in [-0.25, -0.2) is 4.98 Å². The first-order valence-electron chi connectivity index (χ1n) is 7.16. The van der Waals surface area contributed by atoms with E-state index in [0.717, 1.165) is 28.9 Å². The maximum absolute atomic E-state index is 6.01. The van der Waals surface area contributed by atoms with Crippen LogP contribution in [0.2, 0.25) is 0 Å². The molecule has 3 nitrogen and oxygen atoms in total. The highest BCUT2D eigenvalue weighted by Gasteiger charge is 2.12. The predicted molar refractivity (Wildman–Crippen MR) is 92.3 cm³/mol. The van der Waals surface area contributed by atoms with Crippen LogP contribution in [-0.2, 0) is 6.42 Å². The monoisotopic (exact) mass is 368 g/mol. The number of aromatic nitrogens is 1. The van der Waals surface area contributed by atoms with Gasteiger partial charge in [0, 0.05) is 27.4 Å².